The number of aliphatic imine (C=N–C) groups is 1. The minimum absolute atomic E-state index is 0. The second-order valence-corrected chi connectivity index (χ2v) is 7.47. The third kappa shape index (κ3) is 9.07. The lowest BCUT2D eigenvalue weighted by atomic mass is 10.2. The molecule has 9 heteroatoms. The average Bonchev–Trinajstić information content (AvgIpc) is 3.21. The molecule has 2 heterocycles. The molecule has 0 spiro atoms. The molecule has 0 bridgehead atoms. The first-order valence-corrected chi connectivity index (χ1v) is 11.3. The zero-order valence-corrected chi connectivity index (χ0v) is 21.7. The predicted molar refractivity (Wildman–Crippen MR) is 141 cm³/mol. The number of nitrogens with zero attached hydrogens (tertiary/aromatic N) is 3. The summed E-state index contributed by atoms with van der Waals surface area (Å²) in [6, 6.07) is 11.3. The molecule has 2 N–H and O–H groups in total. The van der Waals surface area contributed by atoms with Gasteiger partial charge in [0.05, 0.1) is 13.2 Å². The molecule has 1 aliphatic rings. The van der Waals surface area contributed by atoms with Crippen molar-refractivity contribution in [3.8, 4) is 17.4 Å². The van der Waals surface area contributed by atoms with Crippen LogP contribution in [0, 0.1) is 0 Å². The Morgan fingerprint density at radius 3 is 2.64 bits per heavy atom. The van der Waals surface area contributed by atoms with Gasteiger partial charge >= 0.3 is 0 Å². The van der Waals surface area contributed by atoms with E-state index < -0.39 is 0 Å². The summed E-state index contributed by atoms with van der Waals surface area (Å²) >= 11 is 0. The van der Waals surface area contributed by atoms with E-state index in [1.807, 2.05) is 55.1 Å². The van der Waals surface area contributed by atoms with E-state index >= 15 is 0 Å². The summed E-state index contributed by atoms with van der Waals surface area (Å²) in [6.07, 6.45) is 4.29. The van der Waals surface area contributed by atoms with Gasteiger partial charge in [-0.3, -0.25) is 4.79 Å². The van der Waals surface area contributed by atoms with Gasteiger partial charge in [-0.2, -0.15) is 0 Å². The lowest BCUT2D eigenvalue weighted by Gasteiger charge is -2.16. The first kappa shape index (κ1) is 26.7. The van der Waals surface area contributed by atoms with Crippen LogP contribution in [0.1, 0.15) is 38.7 Å². The van der Waals surface area contributed by atoms with Crippen molar-refractivity contribution in [2.75, 3.05) is 32.8 Å². The lowest BCUT2D eigenvalue weighted by molar-refractivity contribution is -0.127. The Hall–Kier alpha value is -2.56. The Kier molecular flexibility index (Phi) is 11.8. The van der Waals surface area contributed by atoms with Gasteiger partial charge in [0.1, 0.15) is 11.5 Å². The number of amides is 1. The Morgan fingerprint density at radius 1 is 1.15 bits per heavy atom. The molecule has 1 fully saturated rings. The van der Waals surface area contributed by atoms with Gasteiger partial charge in [-0.1, -0.05) is 0 Å². The highest BCUT2D eigenvalue weighted by Crippen LogP contribution is 2.23. The van der Waals surface area contributed by atoms with Gasteiger partial charge < -0.3 is 25.0 Å². The van der Waals surface area contributed by atoms with Gasteiger partial charge in [-0.25, -0.2) is 9.98 Å². The Bertz CT molecular complexity index is 892. The van der Waals surface area contributed by atoms with Crippen LogP contribution < -0.4 is 20.1 Å². The number of nitrogens with one attached hydrogen (secondary N) is 2. The van der Waals surface area contributed by atoms with Gasteiger partial charge in [0, 0.05) is 44.9 Å². The van der Waals surface area contributed by atoms with Crippen molar-refractivity contribution < 1.29 is 14.3 Å². The topological polar surface area (TPSA) is 88.1 Å². The summed E-state index contributed by atoms with van der Waals surface area (Å²) < 4.78 is 11.3. The van der Waals surface area contributed by atoms with Crippen LogP contribution in [0.4, 0.5) is 0 Å². The monoisotopic (exact) mass is 567 g/mol. The van der Waals surface area contributed by atoms with Gasteiger partial charge in [0.15, 0.2) is 5.96 Å². The summed E-state index contributed by atoms with van der Waals surface area (Å²) in [7, 11) is 0. The van der Waals surface area contributed by atoms with E-state index in [1.54, 1.807) is 6.20 Å². The van der Waals surface area contributed by atoms with Crippen molar-refractivity contribution in [2.24, 2.45) is 4.99 Å². The number of aromatic nitrogens is 1. The standard InChI is InChI=1S/C24H33N5O3.HI/c1-3-25-24(27-13-6-16-29-15-5-7-23(29)30)28-18-19-12-14-26-22(17-19)32-21-10-8-20(9-11-21)31-4-2;/h8-12,14,17H,3-7,13,15-16,18H2,1-2H3,(H2,25,27,28);1H. The van der Waals surface area contributed by atoms with Crippen molar-refractivity contribution in [3.63, 3.8) is 0 Å². The molecule has 8 nitrogen and oxygen atoms in total. The smallest absolute Gasteiger partial charge is 0.222 e. The molecule has 3 rings (SSSR count). The fourth-order valence-electron chi connectivity index (χ4n) is 3.43. The van der Waals surface area contributed by atoms with E-state index in [2.05, 4.69) is 20.6 Å². The van der Waals surface area contributed by atoms with E-state index in [0.717, 1.165) is 56.3 Å². The van der Waals surface area contributed by atoms with Crippen molar-refractivity contribution in [1.29, 1.82) is 0 Å². The number of halogens is 1. The van der Waals surface area contributed by atoms with Crippen LogP contribution in [0.15, 0.2) is 47.6 Å². The quantitative estimate of drug-likeness (QED) is 0.185. The van der Waals surface area contributed by atoms with Gasteiger partial charge in [0.25, 0.3) is 0 Å². The minimum atomic E-state index is 0. The third-order valence-electron chi connectivity index (χ3n) is 4.99. The summed E-state index contributed by atoms with van der Waals surface area (Å²) in [5.74, 6) is 3.06. The number of pyridine rings is 1. The first-order valence-electron chi connectivity index (χ1n) is 11.3. The van der Waals surface area contributed by atoms with Crippen molar-refractivity contribution in [3.05, 3.63) is 48.2 Å². The van der Waals surface area contributed by atoms with Crippen LogP contribution >= 0.6 is 24.0 Å². The summed E-state index contributed by atoms with van der Waals surface area (Å²) in [6.45, 7) is 8.34. The highest BCUT2D eigenvalue weighted by atomic mass is 127. The van der Waals surface area contributed by atoms with E-state index in [1.165, 1.54) is 0 Å². The Labute approximate surface area is 213 Å². The molecule has 1 aliphatic heterocycles. The molecule has 33 heavy (non-hydrogen) atoms. The molecule has 0 radical (unpaired) electrons. The molecule has 180 valence electrons. The fourth-order valence-corrected chi connectivity index (χ4v) is 3.43. The molecule has 0 aliphatic carbocycles. The van der Waals surface area contributed by atoms with Crippen molar-refractivity contribution >= 4 is 35.8 Å². The van der Waals surface area contributed by atoms with E-state index in [0.29, 0.717) is 31.2 Å². The van der Waals surface area contributed by atoms with Crippen molar-refractivity contribution in [2.45, 2.75) is 39.7 Å². The highest BCUT2D eigenvalue weighted by Gasteiger charge is 2.18. The number of rotatable bonds is 11. The summed E-state index contributed by atoms with van der Waals surface area (Å²) in [5, 5.41) is 6.60. The molecule has 1 amide bonds. The fraction of sp³-hybridized carbons (Fsp3) is 0.458. The van der Waals surface area contributed by atoms with E-state index in [4.69, 9.17) is 9.47 Å². The van der Waals surface area contributed by atoms with Crippen LogP contribution in [-0.4, -0.2) is 54.5 Å². The SMILES string of the molecule is CCNC(=NCc1ccnc(Oc2ccc(OCC)cc2)c1)NCCCN1CCCC1=O.I. The molecule has 1 saturated heterocycles. The molecule has 1 aromatic heterocycles. The predicted octanol–water partition coefficient (Wildman–Crippen LogP) is 3.96. The summed E-state index contributed by atoms with van der Waals surface area (Å²) in [5.41, 5.74) is 1.00. The van der Waals surface area contributed by atoms with Crippen LogP contribution in [0.5, 0.6) is 17.4 Å². The van der Waals surface area contributed by atoms with Gasteiger partial charge in [-0.05, 0) is 62.6 Å². The van der Waals surface area contributed by atoms with Crippen LogP contribution in [-0.2, 0) is 11.3 Å². The second-order valence-electron chi connectivity index (χ2n) is 7.47. The van der Waals surface area contributed by atoms with E-state index in [-0.39, 0.29) is 29.9 Å². The maximum atomic E-state index is 11.7. The number of likely N-dealkylation sites (tertiary alicyclic amines) is 1. The number of guanidine groups is 1. The number of hydrogen-bond acceptors (Lipinski definition) is 5. The Morgan fingerprint density at radius 2 is 1.94 bits per heavy atom. The maximum absolute atomic E-state index is 11.7. The number of benzene rings is 1. The molecule has 0 atom stereocenters. The lowest BCUT2D eigenvalue weighted by Crippen LogP contribution is -2.39. The molecule has 0 unspecified atom stereocenters. The molecule has 0 saturated carbocycles. The van der Waals surface area contributed by atoms with Gasteiger partial charge in [0.2, 0.25) is 11.8 Å². The summed E-state index contributed by atoms with van der Waals surface area (Å²) in [4.78, 5) is 22.6. The van der Waals surface area contributed by atoms with Crippen LogP contribution in [0.2, 0.25) is 0 Å². The molecule has 2 aromatic rings. The second kappa shape index (κ2) is 14.6. The highest BCUT2D eigenvalue weighted by molar-refractivity contribution is 14.0. The van der Waals surface area contributed by atoms with Crippen LogP contribution in [0.25, 0.3) is 0 Å². The van der Waals surface area contributed by atoms with Crippen LogP contribution in [0.3, 0.4) is 0 Å². The molecular weight excluding hydrogens is 533 g/mol. The number of ether oxygens (including phenoxy) is 2. The first-order chi connectivity index (χ1) is 15.7. The minimum Gasteiger partial charge on any atom is -0.494 e. The van der Waals surface area contributed by atoms with Crippen molar-refractivity contribution in [1.82, 2.24) is 20.5 Å². The zero-order chi connectivity index (χ0) is 22.6. The zero-order valence-electron chi connectivity index (χ0n) is 19.4. The third-order valence-corrected chi connectivity index (χ3v) is 4.99. The normalized spacial score (nSPS) is 13.5. The number of carbonyl (C=O) groups excluding carboxylic acids is 1. The average molecular weight is 567 g/mol. The number of hydrogen-bond donors (Lipinski definition) is 2. The van der Waals surface area contributed by atoms with Gasteiger partial charge in [-0.15, -0.1) is 24.0 Å². The maximum Gasteiger partial charge on any atom is 0.222 e. The largest absolute Gasteiger partial charge is 0.494 e. The molecule has 1 aromatic carbocycles. The Balaban J connectivity index is 0.00000385. The molecular formula is C24H34IN5O3. The van der Waals surface area contributed by atoms with E-state index in [9.17, 15) is 4.79 Å². The number of carbonyl (C=O) groups is 1.